The van der Waals surface area contributed by atoms with Gasteiger partial charge in [0.2, 0.25) is 27.6 Å². The van der Waals surface area contributed by atoms with Crippen LogP contribution < -0.4 is 5.32 Å². The van der Waals surface area contributed by atoms with Gasteiger partial charge in [0.15, 0.2) is 0 Å². The van der Waals surface area contributed by atoms with Crippen molar-refractivity contribution in [2.75, 3.05) is 13.1 Å². The quantitative estimate of drug-likeness (QED) is 0.638. The van der Waals surface area contributed by atoms with E-state index in [4.69, 9.17) is 8.94 Å². The molecule has 10 heteroatoms. The minimum absolute atomic E-state index is 0.0853. The van der Waals surface area contributed by atoms with Gasteiger partial charge >= 0.3 is 0 Å². The summed E-state index contributed by atoms with van der Waals surface area (Å²) in [6.07, 6.45) is 2.49. The van der Waals surface area contributed by atoms with E-state index >= 15 is 0 Å². The molecule has 0 bridgehead atoms. The van der Waals surface area contributed by atoms with Gasteiger partial charge in [-0.25, -0.2) is 8.42 Å². The highest BCUT2D eigenvalue weighted by Gasteiger charge is 2.32. The molecule has 1 N–H and O–H groups in total. The number of furan rings is 1. The number of nitrogens with one attached hydrogen (secondary N) is 1. The van der Waals surface area contributed by atoms with Crippen LogP contribution in [0, 0.1) is 12.8 Å². The van der Waals surface area contributed by atoms with Gasteiger partial charge in [0, 0.05) is 31.5 Å². The van der Waals surface area contributed by atoms with Crippen molar-refractivity contribution in [2.24, 2.45) is 5.92 Å². The van der Waals surface area contributed by atoms with Gasteiger partial charge in [-0.2, -0.15) is 9.29 Å². The van der Waals surface area contributed by atoms with Crippen LogP contribution in [0.2, 0.25) is 0 Å². The number of piperidine rings is 1. The van der Waals surface area contributed by atoms with Crippen LogP contribution in [0.15, 0.2) is 56.5 Å². The number of carbonyl (C=O) groups excluding carboxylic acids is 1. The van der Waals surface area contributed by atoms with Crippen LogP contribution in [0.25, 0.3) is 11.4 Å². The molecule has 0 unspecified atom stereocenters. The minimum Gasteiger partial charge on any atom is -0.467 e. The van der Waals surface area contributed by atoms with Crippen molar-refractivity contribution in [3.05, 3.63) is 54.3 Å². The van der Waals surface area contributed by atoms with Crippen LogP contribution in [0.5, 0.6) is 0 Å². The molecular formula is C20H22N4O5S. The summed E-state index contributed by atoms with van der Waals surface area (Å²) in [5.41, 5.74) is 0.570. The average molecular weight is 430 g/mol. The molecule has 0 radical (unpaired) electrons. The van der Waals surface area contributed by atoms with E-state index in [1.54, 1.807) is 49.6 Å². The molecule has 3 aromatic rings. The second kappa shape index (κ2) is 8.41. The van der Waals surface area contributed by atoms with Crippen LogP contribution in [0.1, 0.15) is 24.5 Å². The zero-order valence-corrected chi connectivity index (χ0v) is 17.3. The summed E-state index contributed by atoms with van der Waals surface area (Å²) >= 11 is 0. The molecule has 30 heavy (non-hydrogen) atoms. The first-order valence-electron chi connectivity index (χ1n) is 9.64. The molecule has 0 aliphatic carbocycles. The second-order valence-electron chi connectivity index (χ2n) is 7.14. The minimum atomic E-state index is -3.68. The Labute approximate surface area is 174 Å². The maximum absolute atomic E-state index is 13.1. The Morgan fingerprint density at radius 1 is 1.23 bits per heavy atom. The van der Waals surface area contributed by atoms with Crippen LogP contribution in [-0.2, 0) is 21.4 Å². The van der Waals surface area contributed by atoms with E-state index in [1.165, 1.54) is 4.31 Å². The van der Waals surface area contributed by atoms with Crippen molar-refractivity contribution in [1.82, 2.24) is 19.8 Å². The molecule has 1 amide bonds. The van der Waals surface area contributed by atoms with E-state index < -0.39 is 10.0 Å². The van der Waals surface area contributed by atoms with Gasteiger partial charge < -0.3 is 14.3 Å². The molecule has 0 atom stereocenters. The fourth-order valence-corrected chi connectivity index (χ4v) is 4.97. The summed E-state index contributed by atoms with van der Waals surface area (Å²) in [5, 5.41) is 6.69. The lowest BCUT2D eigenvalue weighted by Gasteiger charge is -2.30. The number of hydrogen-bond donors (Lipinski definition) is 1. The zero-order chi connectivity index (χ0) is 21.1. The molecule has 3 heterocycles. The summed E-state index contributed by atoms with van der Waals surface area (Å²) in [5.74, 6) is 1.13. The van der Waals surface area contributed by atoms with Gasteiger partial charge in [0.05, 0.1) is 17.7 Å². The molecule has 1 aliphatic rings. The molecule has 9 nitrogen and oxygen atoms in total. The fraction of sp³-hybridized carbons (Fsp3) is 0.350. The van der Waals surface area contributed by atoms with Crippen LogP contribution in [0.4, 0.5) is 0 Å². The zero-order valence-electron chi connectivity index (χ0n) is 16.4. The molecule has 0 spiro atoms. The number of rotatable bonds is 6. The summed E-state index contributed by atoms with van der Waals surface area (Å²) in [7, 11) is -3.68. The van der Waals surface area contributed by atoms with Gasteiger partial charge in [0.25, 0.3) is 0 Å². The van der Waals surface area contributed by atoms with E-state index in [0.717, 1.165) is 0 Å². The summed E-state index contributed by atoms with van der Waals surface area (Å²) < 4.78 is 37.8. The lowest BCUT2D eigenvalue weighted by molar-refractivity contribution is -0.126. The number of amides is 1. The van der Waals surface area contributed by atoms with Crippen LogP contribution in [0.3, 0.4) is 0 Å². The fourth-order valence-electron chi connectivity index (χ4n) is 3.45. The smallest absolute Gasteiger partial charge is 0.243 e. The highest BCUT2D eigenvalue weighted by molar-refractivity contribution is 7.89. The molecular weight excluding hydrogens is 408 g/mol. The maximum atomic E-state index is 13.1. The molecule has 0 saturated carbocycles. The largest absolute Gasteiger partial charge is 0.467 e. The Bertz CT molecular complexity index is 1120. The van der Waals surface area contributed by atoms with Crippen LogP contribution >= 0.6 is 0 Å². The van der Waals surface area contributed by atoms with Crippen molar-refractivity contribution in [1.29, 1.82) is 0 Å². The summed E-state index contributed by atoms with van der Waals surface area (Å²) in [6, 6.07) is 10.0. The van der Waals surface area contributed by atoms with Gasteiger partial charge in [-0.1, -0.05) is 17.3 Å². The van der Waals surface area contributed by atoms with Gasteiger partial charge in [-0.3, -0.25) is 4.79 Å². The molecule has 1 fully saturated rings. The monoisotopic (exact) mass is 430 g/mol. The van der Waals surface area contributed by atoms with E-state index in [2.05, 4.69) is 15.5 Å². The van der Waals surface area contributed by atoms with Crippen molar-refractivity contribution in [3.8, 4) is 11.4 Å². The lowest BCUT2D eigenvalue weighted by Crippen LogP contribution is -2.42. The van der Waals surface area contributed by atoms with Crippen molar-refractivity contribution >= 4 is 15.9 Å². The molecule has 1 aliphatic heterocycles. The second-order valence-corrected chi connectivity index (χ2v) is 9.08. The third-order valence-electron chi connectivity index (χ3n) is 5.10. The normalized spacial score (nSPS) is 15.9. The summed E-state index contributed by atoms with van der Waals surface area (Å²) in [4.78, 5) is 16.7. The number of aryl methyl sites for hydroxylation is 1. The van der Waals surface area contributed by atoms with Gasteiger partial charge in [-0.05, 0) is 37.1 Å². The Morgan fingerprint density at radius 3 is 2.70 bits per heavy atom. The molecule has 4 rings (SSSR count). The SMILES string of the molecule is Cc1nc(-c2cccc(S(=O)(=O)N3CCC(C(=O)NCc4ccco4)CC3)c2)no1. The first kappa shape index (κ1) is 20.3. The Kier molecular flexibility index (Phi) is 5.69. The number of carbonyl (C=O) groups is 1. The van der Waals surface area contributed by atoms with Crippen LogP contribution in [-0.4, -0.2) is 41.9 Å². The number of sulfonamides is 1. The number of benzene rings is 1. The molecule has 2 aromatic heterocycles. The number of aromatic nitrogens is 2. The first-order valence-corrected chi connectivity index (χ1v) is 11.1. The van der Waals surface area contributed by atoms with E-state index in [1.807, 2.05) is 0 Å². The predicted octanol–water partition coefficient (Wildman–Crippen LogP) is 2.36. The van der Waals surface area contributed by atoms with Crippen molar-refractivity contribution in [3.63, 3.8) is 0 Å². The predicted molar refractivity (Wildman–Crippen MR) is 107 cm³/mol. The van der Waals surface area contributed by atoms with Gasteiger partial charge in [-0.15, -0.1) is 0 Å². The highest BCUT2D eigenvalue weighted by Crippen LogP contribution is 2.26. The number of hydrogen-bond acceptors (Lipinski definition) is 7. The third-order valence-corrected chi connectivity index (χ3v) is 6.99. The van der Waals surface area contributed by atoms with Crippen molar-refractivity contribution < 1.29 is 22.2 Å². The molecule has 1 saturated heterocycles. The van der Waals surface area contributed by atoms with E-state index in [-0.39, 0.29) is 29.8 Å². The molecule has 158 valence electrons. The average Bonchev–Trinajstić information content (AvgIpc) is 3.44. The van der Waals surface area contributed by atoms with E-state index in [9.17, 15) is 13.2 Å². The highest BCUT2D eigenvalue weighted by atomic mass is 32.2. The topological polar surface area (TPSA) is 119 Å². The Hall–Kier alpha value is -2.98. The van der Waals surface area contributed by atoms with Gasteiger partial charge in [0.1, 0.15) is 5.76 Å². The van der Waals surface area contributed by atoms with E-state index in [0.29, 0.717) is 42.4 Å². The van der Waals surface area contributed by atoms with Crippen molar-refractivity contribution in [2.45, 2.75) is 31.2 Å². The Morgan fingerprint density at radius 2 is 2.03 bits per heavy atom. The Balaban J connectivity index is 1.39. The number of nitrogens with zero attached hydrogens (tertiary/aromatic N) is 3. The lowest BCUT2D eigenvalue weighted by atomic mass is 9.97. The molecule has 1 aromatic carbocycles. The standard InChI is InChI=1S/C20H22N4O5S/c1-14-22-19(23-29-14)16-4-2-6-18(12-16)30(26,27)24-9-7-15(8-10-24)20(25)21-13-17-5-3-11-28-17/h2-6,11-12,15H,7-10,13H2,1H3,(H,21,25). The maximum Gasteiger partial charge on any atom is 0.243 e. The third kappa shape index (κ3) is 4.29. The summed E-state index contributed by atoms with van der Waals surface area (Å²) in [6.45, 7) is 2.57. The first-order chi connectivity index (χ1) is 14.4.